The van der Waals surface area contributed by atoms with E-state index in [4.69, 9.17) is 0 Å². The normalized spacial score (nSPS) is 18.3. The minimum Gasteiger partial charge on any atom is -0.340 e. The number of amides is 2. The molecule has 0 aromatic heterocycles. The highest BCUT2D eigenvalue weighted by molar-refractivity contribution is 5.94. The van der Waals surface area contributed by atoms with E-state index in [1.54, 1.807) is 0 Å². The van der Waals surface area contributed by atoms with Gasteiger partial charge in [-0.2, -0.15) is 0 Å². The van der Waals surface area contributed by atoms with Crippen molar-refractivity contribution in [2.75, 3.05) is 44.2 Å². The summed E-state index contributed by atoms with van der Waals surface area (Å²) in [4.78, 5) is 31.4. The number of aryl methyl sites for hydroxylation is 1. The Balaban J connectivity index is 1.46. The van der Waals surface area contributed by atoms with Gasteiger partial charge in [0.25, 0.3) is 0 Å². The second-order valence-corrected chi connectivity index (χ2v) is 8.99. The molecule has 0 unspecified atom stereocenters. The highest BCUT2D eigenvalue weighted by Crippen LogP contribution is 2.27. The minimum atomic E-state index is 0.0331. The van der Waals surface area contributed by atoms with E-state index in [1.807, 2.05) is 21.9 Å². The quantitative estimate of drug-likeness (QED) is 0.817. The van der Waals surface area contributed by atoms with E-state index in [1.165, 1.54) is 5.56 Å². The van der Waals surface area contributed by atoms with Crippen LogP contribution in [0.4, 0.5) is 5.69 Å². The molecule has 0 radical (unpaired) electrons. The predicted octanol–water partition coefficient (Wildman–Crippen LogP) is 2.94. The summed E-state index contributed by atoms with van der Waals surface area (Å²) in [7, 11) is 0. The molecule has 2 amide bonds. The topological polar surface area (TPSA) is 43.9 Å². The second-order valence-electron chi connectivity index (χ2n) is 8.99. The zero-order valence-electron chi connectivity index (χ0n) is 17.0. The molecular formula is C22H33N3O2. The number of hydrogen-bond donors (Lipinski definition) is 0. The third-order valence-corrected chi connectivity index (χ3v) is 5.46. The number of carbonyl (C=O) groups excluding carboxylic acids is 2. The molecule has 27 heavy (non-hydrogen) atoms. The lowest BCUT2D eigenvalue weighted by Crippen LogP contribution is -2.50. The first-order valence-corrected chi connectivity index (χ1v) is 10.2. The lowest BCUT2D eigenvalue weighted by atomic mass is 9.91. The SMILES string of the molecule is CC(C)(C)CC(=O)N1CCN(CCC(=O)N2CCCc3ccccc32)CC1. The first-order chi connectivity index (χ1) is 12.8. The van der Waals surface area contributed by atoms with Gasteiger partial charge in [-0.25, -0.2) is 0 Å². The fraction of sp³-hybridized carbons (Fsp3) is 0.636. The van der Waals surface area contributed by atoms with Gasteiger partial charge in [0.15, 0.2) is 0 Å². The van der Waals surface area contributed by atoms with Gasteiger partial charge in [0.2, 0.25) is 11.8 Å². The van der Waals surface area contributed by atoms with E-state index in [2.05, 4.69) is 37.8 Å². The third kappa shape index (κ3) is 5.32. The van der Waals surface area contributed by atoms with Gasteiger partial charge in [-0.05, 0) is 29.9 Å². The number of carbonyl (C=O) groups is 2. The van der Waals surface area contributed by atoms with Gasteiger partial charge < -0.3 is 9.80 Å². The molecule has 0 N–H and O–H groups in total. The van der Waals surface area contributed by atoms with Crippen molar-refractivity contribution in [3.05, 3.63) is 29.8 Å². The Morgan fingerprint density at radius 2 is 1.67 bits per heavy atom. The largest absolute Gasteiger partial charge is 0.340 e. The van der Waals surface area contributed by atoms with Crippen LogP contribution in [0.5, 0.6) is 0 Å². The summed E-state index contributed by atoms with van der Waals surface area (Å²) in [5.74, 6) is 0.469. The van der Waals surface area contributed by atoms with Crippen molar-refractivity contribution in [1.82, 2.24) is 9.80 Å². The molecule has 2 aliphatic rings. The number of para-hydroxylation sites is 1. The Kier molecular flexibility index (Phi) is 6.20. The average molecular weight is 372 g/mol. The van der Waals surface area contributed by atoms with Crippen LogP contribution in [0, 0.1) is 5.41 Å². The van der Waals surface area contributed by atoms with Crippen molar-refractivity contribution in [3.8, 4) is 0 Å². The van der Waals surface area contributed by atoms with E-state index in [9.17, 15) is 9.59 Å². The summed E-state index contributed by atoms with van der Waals surface area (Å²) in [5, 5.41) is 0. The maximum atomic E-state index is 12.8. The molecule has 5 nitrogen and oxygen atoms in total. The van der Waals surface area contributed by atoms with Gasteiger partial charge in [-0.1, -0.05) is 39.0 Å². The standard InChI is InChI=1S/C22H33N3O2/c1-22(2,3)17-21(27)24-15-13-23(14-16-24)12-10-20(26)25-11-6-8-18-7-4-5-9-19(18)25/h4-5,7,9H,6,8,10-17H2,1-3H3. The molecule has 0 aliphatic carbocycles. The molecule has 0 spiro atoms. The van der Waals surface area contributed by atoms with E-state index in [-0.39, 0.29) is 17.2 Å². The summed E-state index contributed by atoms with van der Waals surface area (Å²) in [6.45, 7) is 11.2. The summed E-state index contributed by atoms with van der Waals surface area (Å²) in [5.41, 5.74) is 2.40. The molecule has 3 rings (SSSR count). The molecule has 5 heteroatoms. The molecule has 0 bridgehead atoms. The summed E-state index contributed by atoms with van der Waals surface area (Å²) in [6.07, 6.45) is 3.24. The Morgan fingerprint density at radius 1 is 0.963 bits per heavy atom. The number of nitrogens with zero attached hydrogens (tertiary/aromatic N) is 3. The Labute approximate surface area is 163 Å². The maximum Gasteiger partial charge on any atom is 0.228 e. The average Bonchev–Trinajstić information content (AvgIpc) is 2.64. The number of benzene rings is 1. The van der Waals surface area contributed by atoms with Crippen molar-refractivity contribution in [1.29, 1.82) is 0 Å². The van der Waals surface area contributed by atoms with Crippen LogP contribution in [0.1, 0.15) is 45.6 Å². The minimum absolute atomic E-state index is 0.0331. The monoisotopic (exact) mass is 371 g/mol. The van der Waals surface area contributed by atoms with Crippen LogP contribution < -0.4 is 4.90 Å². The molecule has 0 atom stereocenters. The number of piperazine rings is 1. The predicted molar refractivity (Wildman–Crippen MR) is 109 cm³/mol. The van der Waals surface area contributed by atoms with Crippen molar-refractivity contribution in [3.63, 3.8) is 0 Å². The van der Waals surface area contributed by atoms with Gasteiger partial charge >= 0.3 is 0 Å². The smallest absolute Gasteiger partial charge is 0.228 e. The molecule has 148 valence electrons. The second kappa shape index (κ2) is 8.42. The molecule has 0 saturated carbocycles. The first kappa shape index (κ1) is 19.9. The zero-order chi connectivity index (χ0) is 19.4. The highest BCUT2D eigenvalue weighted by Gasteiger charge is 2.26. The van der Waals surface area contributed by atoms with Gasteiger partial charge in [0.1, 0.15) is 0 Å². The summed E-state index contributed by atoms with van der Waals surface area (Å²) in [6, 6.07) is 8.25. The lowest BCUT2D eigenvalue weighted by molar-refractivity contribution is -0.135. The van der Waals surface area contributed by atoms with Crippen molar-refractivity contribution in [2.24, 2.45) is 5.41 Å². The van der Waals surface area contributed by atoms with Gasteiger partial charge in [0, 0.05) is 57.8 Å². The van der Waals surface area contributed by atoms with Crippen LogP contribution in [-0.2, 0) is 16.0 Å². The van der Waals surface area contributed by atoms with Crippen LogP contribution in [0.3, 0.4) is 0 Å². The van der Waals surface area contributed by atoms with E-state index >= 15 is 0 Å². The molecular weight excluding hydrogens is 338 g/mol. The number of hydrogen-bond acceptors (Lipinski definition) is 3. The van der Waals surface area contributed by atoms with Crippen LogP contribution in [0.25, 0.3) is 0 Å². The van der Waals surface area contributed by atoms with E-state index in [0.29, 0.717) is 12.8 Å². The fourth-order valence-electron chi connectivity index (χ4n) is 3.97. The maximum absolute atomic E-state index is 12.8. The zero-order valence-corrected chi connectivity index (χ0v) is 17.0. The van der Waals surface area contributed by atoms with Gasteiger partial charge in [-0.15, -0.1) is 0 Å². The molecule has 1 aromatic rings. The molecule has 1 aromatic carbocycles. The van der Waals surface area contributed by atoms with Crippen LogP contribution in [0.2, 0.25) is 0 Å². The number of anilines is 1. The summed E-state index contributed by atoms with van der Waals surface area (Å²) >= 11 is 0. The number of fused-ring (bicyclic) bond motifs is 1. The van der Waals surface area contributed by atoms with Crippen molar-refractivity contribution >= 4 is 17.5 Å². The van der Waals surface area contributed by atoms with Gasteiger partial charge in [0.05, 0.1) is 0 Å². The van der Waals surface area contributed by atoms with E-state index < -0.39 is 0 Å². The molecule has 2 heterocycles. The van der Waals surface area contributed by atoms with Crippen LogP contribution in [0.15, 0.2) is 24.3 Å². The third-order valence-electron chi connectivity index (χ3n) is 5.46. The van der Waals surface area contributed by atoms with Gasteiger partial charge in [-0.3, -0.25) is 14.5 Å². The van der Waals surface area contributed by atoms with Crippen LogP contribution >= 0.6 is 0 Å². The highest BCUT2D eigenvalue weighted by atomic mass is 16.2. The van der Waals surface area contributed by atoms with Crippen molar-refractivity contribution < 1.29 is 9.59 Å². The summed E-state index contributed by atoms with van der Waals surface area (Å²) < 4.78 is 0. The Bertz CT molecular complexity index is 672. The molecule has 1 saturated heterocycles. The molecule has 2 aliphatic heterocycles. The van der Waals surface area contributed by atoms with E-state index in [0.717, 1.165) is 57.8 Å². The van der Waals surface area contributed by atoms with Crippen LogP contribution in [-0.4, -0.2) is 60.9 Å². The Morgan fingerprint density at radius 3 is 2.37 bits per heavy atom. The van der Waals surface area contributed by atoms with Crippen molar-refractivity contribution in [2.45, 2.75) is 46.5 Å². The fourth-order valence-corrected chi connectivity index (χ4v) is 3.97. The number of rotatable bonds is 4. The lowest BCUT2D eigenvalue weighted by Gasteiger charge is -2.36. The molecule has 1 fully saturated rings. The Hall–Kier alpha value is -1.88. The first-order valence-electron chi connectivity index (χ1n) is 10.2.